The number of para-hydroxylation sites is 1. The Morgan fingerprint density at radius 3 is 2.71 bits per heavy atom. The zero-order valence-corrected chi connectivity index (χ0v) is 16.2. The van der Waals surface area contributed by atoms with E-state index in [1.165, 1.54) is 0 Å². The molecule has 1 aliphatic rings. The number of carbonyl (C=O) groups excluding carboxylic acids is 2. The molecule has 1 N–H and O–H groups in total. The lowest BCUT2D eigenvalue weighted by Gasteiger charge is -2.31. The molecule has 2 aromatic rings. The van der Waals surface area contributed by atoms with Crippen molar-refractivity contribution >= 4 is 17.5 Å². The van der Waals surface area contributed by atoms with Gasteiger partial charge in [-0.15, -0.1) is 0 Å². The van der Waals surface area contributed by atoms with E-state index in [1.54, 1.807) is 17.0 Å². The van der Waals surface area contributed by atoms with E-state index in [4.69, 9.17) is 5.26 Å². The van der Waals surface area contributed by atoms with Crippen LogP contribution in [0.25, 0.3) is 0 Å². The Kier molecular flexibility index (Phi) is 6.07. The number of nitriles is 1. The number of rotatable bonds is 6. The third-order valence-corrected chi connectivity index (χ3v) is 4.86. The topological polar surface area (TPSA) is 76.4 Å². The van der Waals surface area contributed by atoms with E-state index < -0.39 is 5.92 Å². The van der Waals surface area contributed by atoms with Gasteiger partial charge in [-0.25, -0.2) is 0 Å². The van der Waals surface area contributed by atoms with Crippen molar-refractivity contribution in [1.29, 1.82) is 5.26 Å². The molecule has 0 fully saturated rings. The van der Waals surface area contributed by atoms with E-state index in [1.807, 2.05) is 55.4 Å². The number of nitrogens with one attached hydrogen (secondary N) is 1. The summed E-state index contributed by atoms with van der Waals surface area (Å²) in [5.41, 5.74) is 3.03. The molecule has 28 heavy (non-hydrogen) atoms. The number of anilines is 1. The number of hydrogen-bond donors (Lipinski definition) is 1. The van der Waals surface area contributed by atoms with Crippen LogP contribution >= 0.6 is 0 Å². The summed E-state index contributed by atoms with van der Waals surface area (Å²) in [4.78, 5) is 29.4. The highest BCUT2D eigenvalue weighted by Crippen LogP contribution is 2.33. The van der Waals surface area contributed by atoms with E-state index in [-0.39, 0.29) is 18.2 Å². The van der Waals surface area contributed by atoms with Gasteiger partial charge in [0, 0.05) is 31.7 Å². The number of fused-ring (bicyclic) bond motifs is 1. The van der Waals surface area contributed by atoms with E-state index in [9.17, 15) is 9.59 Å². The summed E-state index contributed by atoms with van der Waals surface area (Å²) >= 11 is 0. The van der Waals surface area contributed by atoms with E-state index >= 15 is 0 Å². The van der Waals surface area contributed by atoms with Crippen molar-refractivity contribution in [2.45, 2.75) is 18.9 Å². The molecule has 6 nitrogen and oxygen atoms in total. The molecule has 1 heterocycles. The maximum absolute atomic E-state index is 13.4. The summed E-state index contributed by atoms with van der Waals surface area (Å²) < 4.78 is 0. The predicted molar refractivity (Wildman–Crippen MR) is 108 cm³/mol. The van der Waals surface area contributed by atoms with Gasteiger partial charge >= 0.3 is 0 Å². The molecule has 3 rings (SSSR count). The van der Waals surface area contributed by atoms with Crippen LogP contribution in [0.2, 0.25) is 0 Å². The summed E-state index contributed by atoms with van der Waals surface area (Å²) in [6.45, 7) is 1.66. The van der Waals surface area contributed by atoms with Crippen LogP contribution < -0.4 is 5.32 Å². The molecule has 0 aromatic heterocycles. The molecular weight excluding hydrogens is 352 g/mol. The predicted octanol–water partition coefficient (Wildman–Crippen LogP) is 2.57. The first-order valence-corrected chi connectivity index (χ1v) is 9.29. The second-order valence-electron chi connectivity index (χ2n) is 7.27. The van der Waals surface area contributed by atoms with Gasteiger partial charge in [-0.3, -0.25) is 9.59 Å². The number of carbonyl (C=O) groups is 2. The van der Waals surface area contributed by atoms with Crippen LogP contribution in [0.5, 0.6) is 0 Å². The van der Waals surface area contributed by atoms with Gasteiger partial charge in [0.1, 0.15) is 0 Å². The first-order chi connectivity index (χ1) is 13.5. The lowest BCUT2D eigenvalue weighted by Crippen LogP contribution is -2.41. The van der Waals surface area contributed by atoms with E-state index in [0.717, 1.165) is 11.1 Å². The quantitative estimate of drug-likeness (QED) is 0.841. The highest BCUT2D eigenvalue weighted by atomic mass is 16.2. The lowest BCUT2D eigenvalue weighted by molar-refractivity contribution is -0.135. The van der Waals surface area contributed by atoms with Crippen molar-refractivity contribution in [3.05, 3.63) is 65.2 Å². The third kappa shape index (κ3) is 4.56. The fraction of sp³-hybridized carbons (Fsp3) is 0.318. The van der Waals surface area contributed by atoms with Crippen molar-refractivity contribution in [3.8, 4) is 6.07 Å². The monoisotopic (exact) mass is 376 g/mol. The number of likely N-dealkylation sites (N-methyl/N-ethyl adjacent to an activating group) is 1. The summed E-state index contributed by atoms with van der Waals surface area (Å²) in [6, 6.07) is 16.9. The number of hydrogen-bond acceptors (Lipinski definition) is 4. The zero-order chi connectivity index (χ0) is 20.1. The van der Waals surface area contributed by atoms with Gasteiger partial charge in [0.25, 0.3) is 0 Å². The van der Waals surface area contributed by atoms with Crippen LogP contribution in [0.3, 0.4) is 0 Å². The zero-order valence-electron chi connectivity index (χ0n) is 16.2. The smallest absolute Gasteiger partial charge is 0.231 e. The molecule has 1 atom stereocenters. The highest BCUT2D eigenvalue weighted by molar-refractivity contribution is 6.01. The lowest BCUT2D eigenvalue weighted by atomic mass is 9.89. The molecule has 0 radical (unpaired) electrons. The Balaban J connectivity index is 1.88. The van der Waals surface area contributed by atoms with Crippen LogP contribution in [0.4, 0.5) is 5.69 Å². The standard InChI is InChI=1S/C22H24N4O2/c1-25(2)10-11-26(15-17-7-5-6-16(12-17)14-23)22(28)19-13-21(27)24-20-9-4-3-8-18(19)20/h3-9,12,19H,10-11,13,15H2,1-2H3,(H,24,27). The molecule has 6 heteroatoms. The average molecular weight is 376 g/mol. The van der Waals surface area contributed by atoms with Crippen LogP contribution in [-0.4, -0.2) is 48.8 Å². The largest absolute Gasteiger partial charge is 0.337 e. The molecule has 1 aliphatic heterocycles. The molecule has 2 amide bonds. The first-order valence-electron chi connectivity index (χ1n) is 9.29. The molecule has 0 bridgehead atoms. The fourth-order valence-corrected chi connectivity index (χ4v) is 3.40. The Morgan fingerprint density at radius 2 is 1.96 bits per heavy atom. The van der Waals surface area contributed by atoms with Crippen LogP contribution in [-0.2, 0) is 16.1 Å². The second-order valence-corrected chi connectivity index (χ2v) is 7.27. The minimum atomic E-state index is -0.494. The second kappa shape index (κ2) is 8.68. The highest BCUT2D eigenvalue weighted by Gasteiger charge is 2.33. The molecule has 1 unspecified atom stereocenters. The molecule has 0 saturated carbocycles. The van der Waals surface area contributed by atoms with Gasteiger partial charge in [0.15, 0.2) is 0 Å². The molecule has 0 aliphatic carbocycles. The molecule has 0 saturated heterocycles. The molecule has 144 valence electrons. The number of amides is 2. The van der Waals surface area contributed by atoms with Gasteiger partial charge in [-0.2, -0.15) is 5.26 Å². The van der Waals surface area contributed by atoms with Crippen LogP contribution in [0.15, 0.2) is 48.5 Å². The number of nitrogens with zero attached hydrogens (tertiary/aromatic N) is 3. The maximum atomic E-state index is 13.4. The summed E-state index contributed by atoms with van der Waals surface area (Å²) in [5.74, 6) is -0.700. The van der Waals surface area contributed by atoms with Crippen molar-refractivity contribution in [2.24, 2.45) is 0 Å². The first kappa shape index (κ1) is 19.6. The average Bonchev–Trinajstić information content (AvgIpc) is 2.70. The minimum Gasteiger partial charge on any atom is -0.337 e. The Morgan fingerprint density at radius 1 is 1.18 bits per heavy atom. The summed E-state index contributed by atoms with van der Waals surface area (Å²) in [6.07, 6.45) is 0.145. The SMILES string of the molecule is CN(C)CCN(Cc1cccc(C#N)c1)C(=O)C1CC(=O)Nc2ccccc21. The minimum absolute atomic E-state index is 0.0634. The third-order valence-electron chi connectivity index (χ3n) is 4.86. The Bertz CT molecular complexity index is 917. The van der Waals surface area contributed by atoms with Gasteiger partial charge in [0.2, 0.25) is 11.8 Å². The van der Waals surface area contributed by atoms with Crippen LogP contribution in [0.1, 0.15) is 29.0 Å². The fourth-order valence-electron chi connectivity index (χ4n) is 3.40. The maximum Gasteiger partial charge on any atom is 0.231 e. The van der Waals surface area contributed by atoms with Gasteiger partial charge in [-0.1, -0.05) is 30.3 Å². The van der Waals surface area contributed by atoms with Crippen molar-refractivity contribution in [2.75, 3.05) is 32.5 Å². The Labute approximate surface area is 165 Å². The van der Waals surface area contributed by atoms with Crippen molar-refractivity contribution in [1.82, 2.24) is 9.80 Å². The van der Waals surface area contributed by atoms with Crippen LogP contribution in [0, 0.1) is 11.3 Å². The Hall–Kier alpha value is -3.17. The summed E-state index contributed by atoms with van der Waals surface area (Å²) in [7, 11) is 3.92. The normalized spacial score (nSPS) is 15.5. The van der Waals surface area contributed by atoms with Gasteiger partial charge in [-0.05, 0) is 43.4 Å². The van der Waals surface area contributed by atoms with E-state index in [0.29, 0.717) is 30.9 Å². The van der Waals surface area contributed by atoms with Crippen molar-refractivity contribution in [3.63, 3.8) is 0 Å². The van der Waals surface area contributed by atoms with Gasteiger partial charge in [0.05, 0.1) is 17.6 Å². The molecular formula is C22H24N4O2. The molecule has 2 aromatic carbocycles. The van der Waals surface area contributed by atoms with Gasteiger partial charge < -0.3 is 15.1 Å². The number of benzene rings is 2. The molecule has 0 spiro atoms. The van der Waals surface area contributed by atoms with Crippen molar-refractivity contribution < 1.29 is 9.59 Å². The van der Waals surface area contributed by atoms with E-state index in [2.05, 4.69) is 11.4 Å². The summed E-state index contributed by atoms with van der Waals surface area (Å²) in [5, 5.41) is 12.0.